The fourth-order valence-corrected chi connectivity index (χ4v) is 1.63. The predicted octanol–water partition coefficient (Wildman–Crippen LogP) is 2.56. The van der Waals surface area contributed by atoms with E-state index in [0.717, 1.165) is 16.6 Å². The van der Waals surface area contributed by atoms with Crippen molar-refractivity contribution in [1.29, 1.82) is 0 Å². The van der Waals surface area contributed by atoms with E-state index in [9.17, 15) is 0 Å². The molecule has 0 aliphatic carbocycles. The van der Waals surface area contributed by atoms with Gasteiger partial charge >= 0.3 is 0 Å². The van der Waals surface area contributed by atoms with Gasteiger partial charge in [0.15, 0.2) is 0 Å². The smallest absolute Gasteiger partial charge is 0.0721 e. The molecule has 3 heteroatoms. The Balaban J connectivity index is 2.80. The molecule has 2 aromatic rings. The number of nitrogens with zero attached hydrogens (tertiary/aromatic N) is 2. The highest BCUT2D eigenvalue weighted by atomic mass is 15.1. The van der Waals surface area contributed by atoms with Gasteiger partial charge in [0.1, 0.15) is 0 Å². The number of rotatable bonds is 0. The van der Waals surface area contributed by atoms with Crippen LogP contribution in [0.2, 0.25) is 0 Å². The number of aromatic nitrogens is 3. The van der Waals surface area contributed by atoms with Crippen LogP contribution in [-0.4, -0.2) is 15.2 Å². The second-order valence-corrected chi connectivity index (χ2v) is 4.67. The first-order valence-electron chi connectivity index (χ1n) is 4.79. The zero-order chi connectivity index (χ0) is 10.3. The molecular formula is C11H15N3. The standard InChI is InChI=1S/C11H15N3/c1-7-8-5-13-14-10(8)9(6-12-7)11(2,3)4/h5-6H,1-4H3,(H,13,14). The molecule has 0 radical (unpaired) electrons. The molecule has 0 spiro atoms. The molecule has 74 valence electrons. The summed E-state index contributed by atoms with van der Waals surface area (Å²) in [6, 6.07) is 0. The highest BCUT2D eigenvalue weighted by Crippen LogP contribution is 2.28. The molecule has 0 fully saturated rings. The highest BCUT2D eigenvalue weighted by molar-refractivity contribution is 5.83. The summed E-state index contributed by atoms with van der Waals surface area (Å²) in [5.74, 6) is 0. The van der Waals surface area contributed by atoms with Gasteiger partial charge in [-0.25, -0.2) is 0 Å². The van der Waals surface area contributed by atoms with Crippen LogP contribution in [0.15, 0.2) is 12.4 Å². The van der Waals surface area contributed by atoms with Crippen LogP contribution in [0.4, 0.5) is 0 Å². The maximum absolute atomic E-state index is 4.39. The fourth-order valence-electron chi connectivity index (χ4n) is 1.63. The van der Waals surface area contributed by atoms with Crippen LogP contribution in [0.5, 0.6) is 0 Å². The van der Waals surface area contributed by atoms with Crippen LogP contribution in [0.25, 0.3) is 10.9 Å². The van der Waals surface area contributed by atoms with E-state index in [0.29, 0.717) is 0 Å². The molecule has 0 atom stereocenters. The minimum absolute atomic E-state index is 0.103. The van der Waals surface area contributed by atoms with Crippen molar-refractivity contribution in [1.82, 2.24) is 15.2 Å². The number of pyridine rings is 1. The SMILES string of the molecule is Cc1ncc(C(C)(C)C)c2[nH]ncc12. The largest absolute Gasteiger partial charge is 0.277 e. The van der Waals surface area contributed by atoms with E-state index in [-0.39, 0.29) is 5.41 Å². The lowest BCUT2D eigenvalue weighted by Crippen LogP contribution is -2.12. The second kappa shape index (κ2) is 2.80. The van der Waals surface area contributed by atoms with E-state index in [1.165, 1.54) is 5.56 Å². The third-order valence-electron chi connectivity index (χ3n) is 2.49. The van der Waals surface area contributed by atoms with Gasteiger partial charge in [-0.15, -0.1) is 0 Å². The quantitative estimate of drug-likeness (QED) is 0.692. The molecule has 14 heavy (non-hydrogen) atoms. The van der Waals surface area contributed by atoms with Gasteiger partial charge in [0, 0.05) is 22.8 Å². The van der Waals surface area contributed by atoms with E-state index in [2.05, 4.69) is 36.0 Å². The number of fused-ring (bicyclic) bond motifs is 1. The first kappa shape index (κ1) is 9.19. The Morgan fingerprint density at radius 2 is 1.93 bits per heavy atom. The van der Waals surface area contributed by atoms with Gasteiger partial charge in [0.25, 0.3) is 0 Å². The van der Waals surface area contributed by atoms with Crippen molar-refractivity contribution in [2.24, 2.45) is 0 Å². The molecule has 3 nitrogen and oxygen atoms in total. The summed E-state index contributed by atoms with van der Waals surface area (Å²) < 4.78 is 0. The summed E-state index contributed by atoms with van der Waals surface area (Å²) in [6.45, 7) is 8.54. The van der Waals surface area contributed by atoms with Crippen LogP contribution in [0.1, 0.15) is 32.0 Å². The molecule has 0 unspecified atom stereocenters. The van der Waals surface area contributed by atoms with Crippen LogP contribution in [0.3, 0.4) is 0 Å². The van der Waals surface area contributed by atoms with Gasteiger partial charge in [-0.05, 0) is 12.3 Å². The lowest BCUT2D eigenvalue weighted by molar-refractivity contribution is 0.591. The van der Waals surface area contributed by atoms with Crippen LogP contribution < -0.4 is 0 Å². The van der Waals surface area contributed by atoms with Crippen LogP contribution >= 0.6 is 0 Å². The Bertz CT molecular complexity index is 463. The Morgan fingerprint density at radius 1 is 1.21 bits per heavy atom. The zero-order valence-electron chi connectivity index (χ0n) is 9.05. The minimum Gasteiger partial charge on any atom is -0.277 e. The van der Waals surface area contributed by atoms with E-state index >= 15 is 0 Å². The summed E-state index contributed by atoms with van der Waals surface area (Å²) in [7, 11) is 0. The van der Waals surface area contributed by atoms with Crippen molar-refractivity contribution in [3.05, 3.63) is 23.7 Å². The van der Waals surface area contributed by atoms with Gasteiger partial charge in [-0.1, -0.05) is 20.8 Å². The molecule has 0 aliphatic rings. The van der Waals surface area contributed by atoms with Crippen LogP contribution in [-0.2, 0) is 5.41 Å². The second-order valence-electron chi connectivity index (χ2n) is 4.67. The molecule has 2 heterocycles. The summed E-state index contributed by atoms with van der Waals surface area (Å²) >= 11 is 0. The molecular weight excluding hydrogens is 174 g/mol. The molecule has 0 aromatic carbocycles. The fraction of sp³-hybridized carbons (Fsp3) is 0.455. The number of aryl methyl sites for hydroxylation is 1. The monoisotopic (exact) mass is 189 g/mol. The van der Waals surface area contributed by atoms with Crippen LogP contribution in [0, 0.1) is 6.92 Å². The number of hydrogen-bond acceptors (Lipinski definition) is 2. The maximum atomic E-state index is 4.39. The summed E-state index contributed by atoms with van der Waals surface area (Å²) in [5, 5.41) is 8.24. The third-order valence-corrected chi connectivity index (χ3v) is 2.49. The minimum atomic E-state index is 0.103. The lowest BCUT2D eigenvalue weighted by atomic mass is 9.87. The van der Waals surface area contributed by atoms with Gasteiger partial charge in [-0.2, -0.15) is 5.10 Å². The maximum Gasteiger partial charge on any atom is 0.0721 e. The third kappa shape index (κ3) is 1.29. The van der Waals surface area contributed by atoms with Crippen molar-refractivity contribution in [2.75, 3.05) is 0 Å². The zero-order valence-corrected chi connectivity index (χ0v) is 9.05. The van der Waals surface area contributed by atoms with Gasteiger partial charge in [-0.3, -0.25) is 10.1 Å². The predicted molar refractivity (Wildman–Crippen MR) is 57.3 cm³/mol. The van der Waals surface area contributed by atoms with Crippen molar-refractivity contribution in [2.45, 2.75) is 33.1 Å². The molecule has 0 saturated heterocycles. The number of hydrogen-bond donors (Lipinski definition) is 1. The van der Waals surface area contributed by atoms with Gasteiger partial charge in [0.05, 0.1) is 11.7 Å². The Labute approximate surface area is 83.6 Å². The van der Waals surface area contributed by atoms with Crippen molar-refractivity contribution >= 4 is 10.9 Å². The average molecular weight is 189 g/mol. The molecule has 0 saturated carbocycles. The van der Waals surface area contributed by atoms with Crippen molar-refractivity contribution in [3.63, 3.8) is 0 Å². The summed E-state index contributed by atoms with van der Waals surface area (Å²) in [4.78, 5) is 4.39. The molecule has 0 amide bonds. The number of aromatic amines is 1. The van der Waals surface area contributed by atoms with E-state index in [1.807, 2.05) is 19.3 Å². The highest BCUT2D eigenvalue weighted by Gasteiger charge is 2.19. The lowest BCUT2D eigenvalue weighted by Gasteiger charge is -2.19. The van der Waals surface area contributed by atoms with Crippen molar-refractivity contribution < 1.29 is 0 Å². The Kier molecular flexibility index (Phi) is 1.84. The summed E-state index contributed by atoms with van der Waals surface area (Å²) in [6.07, 6.45) is 3.78. The van der Waals surface area contributed by atoms with Gasteiger partial charge < -0.3 is 0 Å². The number of H-pyrrole nitrogens is 1. The van der Waals surface area contributed by atoms with E-state index < -0.39 is 0 Å². The molecule has 2 aromatic heterocycles. The number of nitrogens with one attached hydrogen (secondary N) is 1. The molecule has 0 bridgehead atoms. The molecule has 0 aliphatic heterocycles. The first-order chi connectivity index (χ1) is 6.50. The normalized spacial score (nSPS) is 12.3. The molecule has 1 N–H and O–H groups in total. The van der Waals surface area contributed by atoms with Gasteiger partial charge in [0.2, 0.25) is 0 Å². The Hall–Kier alpha value is -1.38. The Morgan fingerprint density at radius 3 is 2.57 bits per heavy atom. The first-order valence-corrected chi connectivity index (χ1v) is 4.79. The van der Waals surface area contributed by atoms with Crippen molar-refractivity contribution in [3.8, 4) is 0 Å². The average Bonchev–Trinajstić information content (AvgIpc) is 2.50. The van der Waals surface area contributed by atoms with E-state index in [1.54, 1.807) is 0 Å². The topological polar surface area (TPSA) is 41.6 Å². The molecule has 2 rings (SSSR count). The van der Waals surface area contributed by atoms with E-state index in [4.69, 9.17) is 0 Å². The summed E-state index contributed by atoms with van der Waals surface area (Å²) in [5.41, 5.74) is 3.47.